The Bertz CT molecular complexity index is 557. The average Bonchev–Trinajstić information content (AvgIpc) is 2.58. The molecule has 1 aromatic heterocycles. The molecule has 84 valence electrons. The summed E-state index contributed by atoms with van der Waals surface area (Å²) in [5, 5.41) is 0.309. The summed E-state index contributed by atoms with van der Waals surface area (Å²) in [6.45, 7) is 0. The molecule has 0 bridgehead atoms. The Hall–Kier alpha value is -1.98. The van der Waals surface area contributed by atoms with Crippen molar-refractivity contribution >= 4 is 16.8 Å². The van der Waals surface area contributed by atoms with Crippen molar-refractivity contribution in [3.05, 3.63) is 35.5 Å². The molecule has 0 aliphatic heterocycles. The molecule has 2 aromatic rings. The number of aromatic nitrogens is 1. The first-order valence-electron chi connectivity index (χ1n) is 4.38. The third-order valence-electron chi connectivity index (χ3n) is 2.21. The zero-order valence-electron chi connectivity index (χ0n) is 7.93. The highest BCUT2D eigenvalue weighted by molar-refractivity contribution is 5.97. The molecular formula is C10H7F3N2O. The lowest BCUT2D eigenvalue weighted by molar-refractivity contribution is -0.140. The van der Waals surface area contributed by atoms with Gasteiger partial charge >= 0.3 is 6.18 Å². The minimum absolute atomic E-state index is 0.181. The van der Waals surface area contributed by atoms with Crippen molar-refractivity contribution < 1.29 is 18.0 Å². The van der Waals surface area contributed by atoms with Crippen LogP contribution in [0, 0.1) is 0 Å². The van der Waals surface area contributed by atoms with Crippen LogP contribution in [0.3, 0.4) is 0 Å². The first-order chi connectivity index (χ1) is 7.38. The number of H-pyrrole nitrogens is 1. The summed E-state index contributed by atoms with van der Waals surface area (Å²) in [5.41, 5.74) is 4.68. The van der Waals surface area contributed by atoms with Gasteiger partial charge in [0.05, 0.1) is 0 Å². The summed E-state index contributed by atoms with van der Waals surface area (Å²) >= 11 is 0. The molecule has 0 saturated carbocycles. The molecule has 0 aliphatic carbocycles. The van der Waals surface area contributed by atoms with Gasteiger partial charge in [0.25, 0.3) is 0 Å². The fourth-order valence-electron chi connectivity index (χ4n) is 1.44. The normalized spacial score (nSPS) is 11.9. The van der Waals surface area contributed by atoms with Crippen molar-refractivity contribution in [1.82, 2.24) is 4.98 Å². The van der Waals surface area contributed by atoms with E-state index in [1.54, 1.807) is 0 Å². The molecule has 0 unspecified atom stereocenters. The van der Waals surface area contributed by atoms with Crippen LogP contribution in [-0.4, -0.2) is 10.9 Å². The van der Waals surface area contributed by atoms with E-state index < -0.39 is 17.8 Å². The number of nitrogens with one attached hydrogen (secondary N) is 1. The first-order valence-corrected chi connectivity index (χ1v) is 4.38. The zero-order chi connectivity index (χ0) is 11.9. The number of aromatic amines is 1. The fourth-order valence-corrected chi connectivity index (χ4v) is 1.44. The molecule has 1 aromatic carbocycles. The summed E-state index contributed by atoms with van der Waals surface area (Å²) < 4.78 is 37.1. The van der Waals surface area contributed by atoms with Gasteiger partial charge in [0, 0.05) is 16.5 Å². The number of hydrogen-bond acceptors (Lipinski definition) is 1. The summed E-state index contributed by atoms with van der Waals surface area (Å²) in [4.78, 5) is 13.1. The molecule has 2 rings (SSSR count). The number of amides is 1. The van der Waals surface area contributed by atoms with Crippen LogP contribution in [0.1, 0.15) is 16.1 Å². The second-order valence-corrected chi connectivity index (χ2v) is 3.35. The van der Waals surface area contributed by atoms with Gasteiger partial charge in [-0.15, -0.1) is 0 Å². The minimum Gasteiger partial charge on any atom is -0.366 e. The SMILES string of the molecule is NC(=O)c1ccc2[nH]c(C(F)(F)F)cc2c1. The van der Waals surface area contributed by atoms with Gasteiger partial charge in [-0.1, -0.05) is 0 Å². The highest BCUT2D eigenvalue weighted by Gasteiger charge is 2.32. The number of carbonyl (C=O) groups is 1. The summed E-state index contributed by atoms with van der Waals surface area (Å²) in [5.74, 6) is -0.670. The van der Waals surface area contributed by atoms with Crippen molar-refractivity contribution in [2.45, 2.75) is 6.18 Å². The monoisotopic (exact) mass is 228 g/mol. The molecule has 0 saturated heterocycles. The van der Waals surface area contributed by atoms with Crippen LogP contribution in [0.15, 0.2) is 24.3 Å². The third kappa shape index (κ3) is 1.73. The molecule has 0 aliphatic rings. The van der Waals surface area contributed by atoms with E-state index in [0.717, 1.165) is 6.07 Å². The van der Waals surface area contributed by atoms with E-state index in [2.05, 4.69) is 4.98 Å². The Morgan fingerprint density at radius 3 is 2.50 bits per heavy atom. The van der Waals surface area contributed by atoms with Gasteiger partial charge < -0.3 is 10.7 Å². The van der Waals surface area contributed by atoms with Crippen LogP contribution in [0.25, 0.3) is 10.9 Å². The number of rotatable bonds is 1. The maximum Gasteiger partial charge on any atom is 0.431 e. The smallest absolute Gasteiger partial charge is 0.366 e. The number of alkyl halides is 3. The molecule has 3 nitrogen and oxygen atoms in total. The molecule has 6 heteroatoms. The number of halogens is 3. The first kappa shape index (κ1) is 10.5. The average molecular weight is 228 g/mol. The van der Waals surface area contributed by atoms with Crippen LogP contribution in [0.5, 0.6) is 0 Å². The Kier molecular flexibility index (Phi) is 2.15. The second kappa shape index (κ2) is 3.26. The van der Waals surface area contributed by atoms with Gasteiger partial charge in [0.1, 0.15) is 5.69 Å². The Balaban J connectivity index is 2.59. The number of fused-ring (bicyclic) bond motifs is 1. The van der Waals surface area contributed by atoms with Gasteiger partial charge in [-0.3, -0.25) is 4.79 Å². The number of primary amides is 1. The van der Waals surface area contributed by atoms with Crippen molar-refractivity contribution in [2.75, 3.05) is 0 Å². The highest BCUT2D eigenvalue weighted by atomic mass is 19.4. The second-order valence-electron chi connectivity index (χ2n) is 3.35. The van der Waals surface area contributed by atoms with Gasteiger partial charge in [0.15, 0.2) is 0 Å². The van der Waals surface area contributed by atoms with E-state index in [1.165, 1.54) is 18.2 Å². The van der Waals surface area contributed by atoms with E-state index in [0.29, 0.717) is 10.9 Å². The van der Waals surface area contributed by atoms with E-state index in [4.69, 9.17) is 5.73 Å². The lowest BCUT2D eigenvalue weighted by Gasteiger charge is -2.00. The molecule has 16 heavy (non-hydrogen) atoms. The Labute approximate surface area is 88.1 Å². The van der Waals surface area contributed by atoms with Crippen LogP contribution < -0.4 is 5.73 Å². The van der Waals surface area contributed by atoms with E-state index in [1.807, 2.05) is 0 Å². The van der Waals surface area contributed by atoms with Crippen LogP contribution in [0.4, 0.5) is 13.2 Å². The molecule has 3 N–H and O–H groups in total. The Morgan fingerprint density at radius 2 is 1.94 bits per heavy atom. The molecule has 0 atom stereocenters. The molecule has 0 spiro atoms. The lowest BCUT2D eigenvalue weighted by atomic mass is 10.1. The molecular weight excluding hydrogens is 221 g/mol. The number of nitrogens with two attached hydrogens (primary N) is 1. The zero-order valence-corrected chi connectivity index (χ0v) is 7.93. The van der Waals surface area contributed by atoms with Gasteiger partial charge in [-0.25, -0.2) is 0 Å². The molecule has 0 fully saturated rings. The largest absolute Gasteiger partial charge is 0.431 e. The van der Waals surface area contributed by atoms with Crippen molar-refractivity contribution in [2.24, 2.45) is 5.73 Å². The number of hydrogen-bond donors (Lipinski definition) is 2. The van der Waals surface area contributed by atoms with E-state index in [9.17, 15) is 18.0 Å². The standard InChI is InChI=1S/C10H7F3N2O/c11-10(12,13)8-4-6-3-5(9(14)16)1-2-7(6)15-8/h1-4,15H,(H2,14,16). The summed E-state index contributed by atoms with van der Waals surface area (Å²) in [7, 11) is 0. The molecule has 1 amide bonds. The van der Waals surface area contributed by atoms with Crippen LogP contribution in [0.2, 0.25) is 0 Å². The van der Waals surface area contributed by atoms with Crippen LogP contribution in [-0.2, 0) is 6.18 Å². The van der Waals surface area contributed by atoms with Crippen molar-refractivity contribution in [3.63, 3.8) is 0 Å². The van der Waals surface area contributed by atoms with Gasteiger partial charge in [-0.05, 0) is 24.3 Å². The summed E-state index contributed by atoms with van der Waals surface area (Å²) in [6.07, 6.45) is -4.42. The minimum atomic E-state index is -4.42. The van der Waals surface area contributed by atoms with Crippen LogP contribution >= 0.6 is 0 Å². The quantitative estimate of drug-likeness (QED) is 0.772. The van der Waals surface area contributed by atoms with E-state index >= 15 is 0 Å². The molecule has 0 radical (unpaired) electrons. The number of benzene rings is 1. The topological polar surface area (TPSA) is 58.9 Å². The number of carbonyl (C=O) groups excluding carboxylic acids is 1. The lowest BCUT2D eigenvalue weighted by Crippen LogP contribution is -2.10. The maximum atomic E-state index is 12.4. The van der Waals surface area contributed by atoms with Gasteiger partial charge in [-0.2, -0.15) is 13.2 Å². The predicted molar refractivity (Wildman–Crippen MR) is 51.8 cm³/mol. The molecule has 1 heterocycles. The fraction of sp³-hybridized carbons (Fsp3) is 0.100. The highest BCUT2D eigenvalue weighted by Crippen LogP contribution is 2.31. The third-order valence-corrected chi connectivity index (χ3v) is 2.21. The van der Waals surface area contributed by atoms with Crippen molar-refractivity contribution in [1.29, 1.82) is 0 Å². The predicted octanol–water partition coefficient (Wildman–Crippen LogP) is 2.29. The Morgan fingerprint density at radius 1 is 1.25 bits per heavy atom. The summed E-state index contributed by atoms with van der Waals surface area (Å²) in [6, 6.07) is 5.04. The maximum absolute atomic E-state index is 12.4. The van der Waals surface area contributed by atoms with Gasteiger partial charge in [0.2, 0.25) is 5.91 Å². The van der Waals surface area contributed by atoms with Crippen molar-refractivity contribution in [3.8, 4) is 0 Å². The van der Waals surface area contributed by atoms with E-state index in [-0.39, 0.29) is 5.56 Å².